The van der Waals surface area contributed by atoms with Gasteiger partial charge in [0.05, 0.1) is 19.9 Å². The van der Waals surface area contributed by atoms with E-state index >= 15 is 0 Å². The largest absolute Gasteiger partial charge is 0.497 e. The van der Waals surface area contributed by atoms with Crippen molar-refractivity contribution in [1.29, 1.82) is 0 Å². The predicted octanol–water partition coefficient (Wildman–Crippen LogP) is 2.50. The molecule has 0 radical (unpaired) electrons. The number of benzene rings is 1. The van der Waals surface area contributed by atoms with Gasteiger partial charge in [-0.05, 0) is 25.5 Å². The molecule has 0 aliphatic carbocycles. The van der Waals surface area contributed by atoms with Crippen molar-refractivity contribution in [1.82, 2.24) is 5.32 Å². The summed E-state index contributed by atoms with van der Waals surface area (Å²) in [6, 6.07) is 6.30. The van der Waals surface area contributed by atoms with Gasteiger partial charge in [0.15, 0.2) is 0 Å². The van der Waals surface area contributed by atoms with E-state index in [0.29, 0.717) is 6.04 Å². The fourth-order valence-electron chi connectivity index (χ4n) is 1.61. The molecule has 4 heteroatoms. The molecule has 0 aromatic heterocycles. The van der Waals surface area contributed by atoms with E-state index in [-0.39, 0.29) is 0 Å². The predicted molar refractivity (Wildman–Crippen MR) is 75.8 cm³/mol. The summed E-state index contributed by atoms with van der Waals surface area (Å²) in [7, 11) is 3.33. The maximum atomic E-state index is 5.31. The first-order valence-corrected chi connectivity index (χ1v) is 6.40. The van der Waals surface area contributed by atoms with Gasteiger partial charge in [-0.1, -0.05) is 6.92 Å². The molecular formula is C14H24N2O2. The quantitative estimate of drug-likeness (QED) is 0.698. The lowest BCUT2D eigenvalue weighted by atomic mass is 10.2. The van der Waals surface area contributed by atoms with Crippen molar-refractivity contribution in [2.75, 3.05) is 32.6 Å². The van der Waals surface area contributed by atoms with E-state index in [0.717, 1.165) is 36.7 Å². The zero-order valence-electron chi connectivity index (χ0n) is 11.7. The van der Waals surface area contributed by atoms with Crippen LogP contribution in [0.1, 0.15) is 20.3 Å². The molecular weight excluding hydrogens is 228 g/mol. The van der Waals surface area contributed by atoms with Crippen LogP contribution in [0, 0.1) is 0 Å². The van der Waals surface area contributed by atoms with E-state index in [1.54, 1.807) is 14.2 Å². The molecule has 1 unspecified atom stereocenters. The molecule has 0 amide bonds. The summed E-state index contributed by atoms with van der Waals surface area (Å²) in [6.45, 7) is 6.14. The van der Waals surface area contributed by atoms with Crippen LogP contribution in [0.3, 0.4) is 0 Å². The van der Waals surface area contributed by atoms with E-state index in [2.05, 4.69) is 24.5 Å². The van der Waals surface area contributed by atoms with E-state index in [9.17, 15) is 0 Å². The van der Waals surface area contributed by atoms with Crippen molar-refractivity contribution in [3.8, 4) is 11.5 Å². The molecule has 1 aromatic carbocycles. The summed E-state index contributed by atoms with van der Waals surface area (Å²) >= 11 is 0. The number of hydrogen-bond donors (Lipinski definition) is 2. The molecule has 1 atom stereocenters. The number of ether oxygens (including phenoxy) is 2. The van der Waals surface area contributed by atoms with Gasteiger partial charge in [-0.25, -0.2) is 0 Å². The van der Waals surface area contributed by atoms with Crippen LogP contribution in [0.2, 0.25) is 0 Å². The second-order valence-electron chi connectivity index (χ2n) is 4.26. The Labute approximate surface area is 110 Å². The van der Waals surface area contributed by atoms with Crippen LogP contribution < -0.4 is 20.1 Å². The minimum Gasteiger partial charge on any atom is -0.497 e. The molecule has 4 nitrogen and oxygen atoms in total. The first-order valence-electron chi connectivity index (χ1n) is 6.40. The van der Waals surface area contributed by atoms with Crippen LogP contribution in [0.4, 0.5) is 5.69 Å². The van der Waals surface area contributed by atoms with Gasteiger partial charge in [-0.15, -0.1) is 0 Å². The fourth-order valence-corrected chi connectivity index (χ4v) is 1.61. The highest BCUT2D eigenvalue weighted by atomic mass is 16.5. The van der Waals surface area contributed by atoms with Gasteiger partial charge in [0.1, 0.15) is 11.5 Å². The van der Waals surface area contributed by atoms with Crippen molar-refractivity contribution in [2.24, 2.45) is 0 Å². The van der Waals surface area contributed by atoms with Crippen LogP contribution in [-0.2, 0) is 0 Å². The Kier molecular flexibility index (Phi) is 6.36. The molecule has 18 heavy (non-hydrogen) atoms. The highest BCUT2D eigenvalue weighted by molar-refractivity contribution is 5.59. The highest BCUT2D eigenvalue weighted by Gasteiger charge is 2.04. The third kappa shape index (κ3) is 4.45. The van der Waals surface area contributed by atoms with E-state index in [4.69, 9.17) is 9.47 Å². The Hall–Kier alpha value is -1.42. The molecule has 102 valence electrons. The molecule has 1 rings (SSSR count). The van der Waals surface area contributed by atoms with Crippen molar-refractivity contribution in [2.45, 2.75) is 26.3 Å². The lowest BCUT2D eigenvalue weighted by Crippen LogP contribution is -2.30. The third-order valence-electron chi connectivity index (χ3n) is 2.95. The maximum absolute atomic E-state index is 5.31. The molecule has 0 saturated heterocycles. The van der Waals surface area contributed by atoms with Crippen LogP contribution in [0.25, 0.3) is 0 Å². The van der Waals surface area contributed by atoms with Crippen LogP contribution >= 0.6 is 0 Å². The second kappa shape index (κ2) is 7.82. The smallest absolute Gasteiger partial charge is 0.142 e. The lowest BCUT2D eigenvalue weighted by molar-refractivity contribution is 0.404. The van der Waals surface area contributed by atoms with Crippen molar-refractivity contribution < 1.29 is 9.47 Å². The fraction of sp³-hybridized carbons (Fsp3) is 0.571. The van der Waals surface area contributed by atoms with Gasteiger partial charge in [-0.3, -0.25) is 0 Å². The van der Waals surface area contributed by atoms with E-state index in [1.807, 2.05) is 18.2 Å². The van der Waals surface area contributed by atoms with Gasteiger partial charge in [0, 0.05) is 25.2 Å². The zero-order valence-corrected chi connectivity index (χ0v) is 11.7. The molecule has 0 heterocycles. The Morgan fingerprint density at radius 1 is 1.17 bits per heavy atom. The van der Waals surface area contributed by atoms with E-state index < -0.39 is 0 Å². The van der Waals surface area contributed by atoms with Crippen LogP contribution in [-0.4, -0.2) is 33.4 Å². The molecule has 0 saturated carbocycles. The van der Waals surface area contributed by atoms with Gasteiger partial charge < -0.3 is 20.1 Å². The summed E-state index contributed by atoms with van der Waals surface area (Å²) in [4.78, 5) is 0. The monoisotopic (exact) mass is 252 g/mol. The molecule has 0 aliphatic heterocycles. The number of hydrogen-bond acceptors (Lipinski definition) is 4. The van der Waals surface area contributed by atoms with Gasteiger partial charge in [0.25, 0.3) is 0 Å². The number of rotatable bonds is 8. The zero-order chi connectivity index (χ0) is 13.4. The summed E-state index contributed by atoms with van der Waals surface area (Å²) in [5.41, 5.74) is 0.961. The molecule has 0 fully saturated rings. The topological polar surface area (TPSA) is 42.5 Å². The average Bonchev–Trinajstić information content (AvgIpc) is 2.42. The third-order valence-corrected chi connectivity index (χ3v) is 2.95. The average molecular weight is 252 g/mol. The van der Waals surface area contributed by atoms with E-state index in [1.165, 1.54) is 0 Å². The van der Waals surface area contributed by atoms with Crippen LogP contribution in [0.15, 0.2) is 18.2 Å². The first-order chi connectivity index (χ1) is 8.71. The van der Waals surface area contributed by atoms with Crippen molar-refractivity contribution in [3.63, 3.8) is 0 Å². The van der Waals surface area contributed by atoms with Crippen LogP contribution in [0.5, 0.6) is 11.5 Å². The summed E-state index contributed by atoms with van der Waals surface area (Å²) in [6.07, 6.45) is 1.14. The van der Waals surface area contributed by atoms with Gasteiger partial charge >= 0.3 is 0 Å². The Balaban J connectivity index is 2.49. The molecule has 2 N–H and O–H groups in total. The minimum absolute atomic E-state index is 0.555. The normalized spacial score (nSPS) is 12.0. The SMILES string of the molecule is CCC(C)NCCNc1cc(OC)ccc1OC. The molecule has 0 bridgehead atoms. The lowest BCUT2D eigenvalue weighted by Gasteiger charge is -2.14. The standard InChI is InChI=1S/C14H24N2O2/c1-5-11(2)15-8-9-16-13-10-12(17-3)6-7-14(13)18-4/h6-7,10-11,15-16H,5,8-9H2,1-4H3. The van der Waals surface area contributed by atoms with Gasteiger partial charge in [-0.2, -0.15) is 0 Å². The maximum Gasteiger partial charge on any atom is 0.142 e. The van der Waals surface area contributed by atoms with Crippen molar-refractivity contribution in [3.05, 3.63) is 18.2 Å². The summed E-state index contributed by atoms with van der Waals surface area (Å²) in [5.74, 6) is 1.66. The first kappa shape index (κ1) is 14.6. The van der Waals surface area contributed by atoms with Gasteiger partial charge in [0.2, 0.25) is 0 Å². The Morgan fingerprint density at radius 2 is 1.94 bits per heavy atom. The summed E-state index contributed by atoms with van der Waals surface area (Å²) < 4.78 is 10.5. The molecule has 0 spiro atoms. The Morgan fingerprint density at radius 3 is 2.56 bits per heavy atom. The second-order valence-corrected chi connectivity index (χ2v) is 4.26. The minimum atomic E-state index is 0.555. The summed E-state index contributed by atoms with van der Waals surface area (Å²) in [5, 5.41) is 6.78. The molecule has 0 aliphatic rings. The number of anilines is 1. The Bertz CT molecular complexity index is 356. The molecule has 1 aromatic rings. The number of nitrogens with one attached hydrogen (secondary N) is 2. The number of methoxy groups -OCH3 is 2. The highest BCUT2D eigenvalue weighted by Crippen LogP contribution is 2.28. The van der Waals surface area contributed by atoms with Crippen molar-refractivity contribution >= 4 is 5.69 Å².